The molecule has 0 spiro atoms. The van der Waals surface area contributed by atoms with Gasteiger partial charge in [0.15, 0.2) is 8.32 Å². The molecule has 0 aliphatic heterocycles. The number of rotatable bonds is 4. The Kier molecular flexibility index (Phi) is 6.27. The lowest BCUT2D eigenvalue weighted by Crippen LogP contribution is -2.42. The minimum Gasteiger partial charge on any atom is -0.450 e. The molecule has 0 aromatic carbocycles. The van der Waals surface area contributed by atoms with Crippen LogP contribution >= 0.6 is 0 Å². The van der Waals surface area contributed by atoms with Crippen molar-refractivity contribution < 1.29 is 14.0 Å². The highest BCUT2D eigenvalue weighted by atomic mass is 28.4. The van der Waals surface area contributed by atoms with Crippen LogP contribution in [0.2, 0.25) is 18.1 Å². The molecule has 0 bridgehead atoms. The van der Waals surface area contributed by atoms with Gasteiger partial charge in [0.1, 0.15) is 0 Å². The van der Waals surface area contributed by atoms with E-state index in [-0.39, 0.29) is 11.1 Å². The number of nitrogens with zero attached hydrogens (tertiary/aromatic N) is 1. The lowest BCUT2D eigenvalue weighted by atomic mass is 10.1. The predicted octanol–water partition coefficient (Wildman–Crippen LogP) is 5.44. The molecular formula is C19H32N2O3Si. The molecule has 1 unspecified atom stereocenters. The van der Waals surface area contributed by atoms with Crippen molar-refractivity contribution in [2.45, 2.75) is 77.6 Å². The molecule has 1 aromatic heterocycles. The van der Waals surface area contributed by atoms with Gasteiger partial charge in [-0.15, -0.1) is 0 Å². The first-order valence-electron chi connectivity index (χ1n) is 9.24. The van der Waals surface area contributed by atoms with Crippen LogP contribution in [0.1, 0.15) is 64.3 Å². The van der Waals surface area contributed by atoms with Crippen molar-refractivity contribution in [1.82, 2.24) is 4.98 Å². The van der Waals surface area contributed by atoms with Crippen molar-refractivity contribution in [1.29, 1.82) is 0 Å². The van der Waals surface area contributed by atoms with E-state index in [1.54, 1.807) is 13.1 Å². The summed E-state index contributed by atoms with van der Waals surface area (Å²) in [5.41, 5.74) is 2.90. The molecule has 25 heavy (non-hydrogen) atoms. The zero-order valence-corrected chi connectivity index (χ0v) is 17.4. The number of carbonyl (C=O) groups excluding carboxylic acids is 1. The molecule has 5 nitrogen and oxygen atoms in total. The molecule has 6 heteroatoms. The predicted molar refractivity (Wildman–Crippen MR) is 103 cm³/mol. The number of aryl methyl sites for hydroxylation is 1. The van der Waals surface area contributed by atoms with E-state index in [1.165, 1.54) is 5.56 Å². The summed E-state index contributed by atoms with van der Waals surface area (Å²) in [6.07, 6.45) is 5.56. The first-order valence-corrected chi connectivity index (χ1v) is 12.2. The fourth-order valence-corrected chi connectivity index (χ4v) is 4.09. The average Bonchev–Trinajstić information content (AvgIpc) is 2.68. The van der Waals surface area contributed by atoms with Crippen molar-refractivity contribution in [3.05, 3.63) is 23.5 Å². The standard InChI is InChI=1S/C19H32N2O3Si/c1-7-23-18(22)21-15-12-14-10-8-9-11-16(17(14)20-13-15)24-25(5,6)19(2,3)4/h12-13,16H,7-11H2,1-6H3,(H,21,22). The Morgan fingerprint density at radius 2 is 2.08 bits per heavy atom. The highest BCUT2D eigenvalue weighted by molar-refractivity contribution is 6.74. The minimum absolute atomic E-state index is 0.0510. The Bertz CT molecular complexity index is 611. The Morgan fingerprint density at radius 3 is 2.72 bits per heavy atom. The fourth-order valence-electron chi connectivity index (χ4n) is 2.79. The minimum atomic E-state index is -1.86. The zero-order valence-electron chi connectivity index (χ0n) is 16.4. The van der Waals surface area contributed by atoms with Crippen LogP contribution in [-0.2, 0) is 15.6 Å². The number of carbonyl (C=O) groups is 1. The second-order valence-corrected chi connectivity index (χ2v) is 13.0. The molecule has 1 aromatic rings. The van der Waals surface area contributed by atoms with Crippen LogP contribution in [0.4, 0.5) is 10.5 Å². The van der Waals surface area contributed by atoms with Crippen molar-refractivity contribution in [3.63, 3.8) is 0 Å². The molecule has 1 heterocycles. The van der Waals surface area contributed by atoms with Crippen LogP contribution in [0.5, 0.6) is 0 Å². The Labute approximate surface area is 152 Å². The summed E-state index contributed by atoms with van der Waals surface area (Å²) < 4.78 is 11.6. The molecular weight excluding hydrogens is 332 g/mol. The number of aromatic nitrogens is 1. The van der Waals surface area contributed by atoms with E-state index in [9.17, 15) is 4.79 Å². The maximum absolute atomic E-state index is 11.6. The summed E-state index contributed by atoms with van der Waals surface area (Å²) in [6.45, 7) is 13.5. The van der Waals surface area contributed by atoms with Crippen LogP contribution in [-0.4, -0.2) is 26.0 Å². The summed E-state index contributed by atoms with van der Waals surface area (Å²) in [7, 11) is -1.86. The highest BCUT2D eigenvalue weighted by Crippen LogP contribution is 2.42. The van der Waals surface area contributed by atoms with Crippen molar-refractivity contribution in [2.75, 3.05) is 11.9 Å². The van der Waals surface area contributed by atoms with Crippen molar-refractivity contribution >= 4 is 20.1 Å². The molecule has 2 rings (SSSR count). The second-order valence-electron chi connectivity index (χ2n) is 8.23. The molecule has 1 N–H and O–H groups in total. The third-order valence-corrected chi connectivity index (χ3v) is 9.72. The first-order chi connectivity index (χ1) is 11.6. The van der Waals surface area contributed by atoms with E-state index in [0.717, 1.165) is 31.4 Å². The van der Waals surface area contributed by atoms with Gasteiger partial charge >= 0.3 is 6.09 Å². The topological polar surface area (TPSA) is 60.5 Å². The molecule has 1 aliphatic carbocycles. The van der Waals surface area contributed by atoms with E-state index < -0.39 is 14.4 Å². The van der Waals surface area contributed by atoms with E-state index in [4.69, 9.17) is 9.16 Å². The average molecular weight is 365 g/mol. The van der Waals surface area contributed by atoms with Crippen LogP contribution in [0.15, 0.2) is 12.3 Å². The molecule has 0 saturated heterocycles. The van der Waals surface area contributed by atoms with Gasteiger partial charge in [-0.1, -0.05) is 27.2 Å². The SMILES string of the molecule is CCOC(=O)Nc1cnc2c(c1)CCCCC2O[Si](C)(C)C(C)(C)C. The molecule has 1 aliphatic rings. The largest absolute Gasteiger partial charge is 0.450 e. The van der Waals surface area contributed by atoms with Gasteiger partial charge in [0.2, 0.25) is 0 Å². The van der Waals surface area contributed by atoms with Crippen LogP contribution in [0.3, 0.4) is 0 Å². The second kappa shape index (κ2) is 7.87. The molecule has 140 valence electrons. The van der Waals surface area contributed by atoms with Crippen LogP contribution in [0.25, 0.3) is 0 Å². The van der Waals surface area contributed by atoms with Gasteiger partial charge in [0.05, 0.1) is 30.3 Å². The van der Waals surface area contributed by atoms with Crippen LogP contribution < -0.4 is 5.32 Å². The van der Waals surface area contributed by atoms with Gasteiger partial charge in [-0.25, -0.2) is 4.79 Å². The number of pyridine rings is 1. The molecule has 0 fully saturated rings. The van der Waals surface area contributed by atoms with E-state index in [2.05, 4.69) is 44.2 Å². The Balaban J connectivity index is 2.23. The van der Waals surface area contributed by atoms with Crippen molar-refractivity contribution in [3.8, 4) is 0 Å². The van der Waals surface area contributed by atoms with Gasteiger partial charge in [0, 0.05) is 0 Å². The summed E-state index contributed by atoms with van der Waals surface area (Å²) in [5, 5.41) is 2.92. The van der Waals surface area contributed by atoms with Gasteiger partial charge < -0.3 is 9.16 Å². The third-order valence-electron chi connectivity index (χ3n) is 5.23. The van der Waals surface area contributed by atoms with Gasteiger partial charge in [-0.3, -0.25) is 10.3 Å². The quantitative estimate of drug-likeness (QED) is 0.571. The van der Waals surface area contributed by atoms with Gasteiger partial charge in [0.25, 0.3) is 0 Å². The molecule has 0 radical (unpaired) electrons. The Hall–Kier alpha value is -1.40. The smallest absolute Gasteiger partial charge is 0.411 e. The summed E-state index contributed by atoms with van der Waals surface area (Å²) in [6, 6.07) is 2.02. The number of ether oxygens (including phenoxy) is 1. The lowest BCUT2D eigenvalue weighted by molar-refractivity contribution is 0.168. The third kappa shape index (κ3) is 5.04. The summed E-state index contributed by atoms with van der Waals surface area (Å²) in [4.78, 5) is 16.3. The lowest BCUT2D eigenvalue weighted by Gasteiger charge is -2.39. The van der Waals surface area contributed by atoms with E-state index in [0.29, 0.717) is 12.3 Å². The monoisotopic (exact) mass is 364 g/mol. The number of hydrogen-bond donors (Lipinski definition) is 1. The highest BCUT2D eigenvalue weighted by Gasteiger charge is 2.40. The van der Waals surface area contributed by atoms with E-state index in [1.807, 2.05) is 6.07 Å². The van der Waals surface area contributed by atoms with Gasteiger partial charge in [-0.2, -0.15) is 0 Å². The number of fused-ring (bicyclic) bond motifs is 1. The van der Waals surface area contributed by atoms with E-state index >= 15 is 0 Å². The zero-order chi connectivity index (χ0) is 18.7. The van der Waals surface area contributed by atoms with Gasteiger partial charge in [-0.05, 0) is 55.9 Å². The van der Waals surface area contributed by atoms with Crippen LogP contribution in [0, 0.1) is 0 Å². The maximum atomic E-state index is 11.6. The fraction of sp³-hybridized carbons (Fsp3) is 0.684. The molecule has 0 saturated carbocycles. The number of anilines is 1. The maximum Gasteiger partial charge on any atom is 0.411 e. The summed E-state index contributed by atoms with van der Waals surface area (Å²) >= 11 is 0. The Morgan fingerprint density at radius 1 is 1.36 bits per heavy atom. The summed E-state index contributed by atoms with van der Waals surface area (Å²) in [5.74, 6) is 0. The molecule has 1 amide bonds. The number of nitrogens with one attached hydrogen (secondary N) is 1. The number of amides is 1. The first kappa shape index (κ1) is 19.9. The number of hydrogen-bond acceptors (Lipinski definition) is 4. The molecule has 1 atom stereocenters. The van der Waals surface area contributed by atoms with Crippen molar-refractivity contribution in [2.24, 2.45) is 0 Å². The normalized spacial score (nSPS) is 18.2.